The maximum absolute atomic E-state index is 12.0. The van der Waals surface area contributed by atoms with Crippen LogP contribution in [0.1, 0.15) is 38.5 Å². The molecule has 2 rings (SSSR count). The number of nitrogens with one attached hydrogen (secondary N) is 1. The van der Waals surface area contributed by atoms with E-state index in [4.69, 9.17) is 4.74 Å². The van der Waals surface area contributed by atoms with Crippen molar-refractivity contribution < 1.29 is 9.53 Å². The number of amides is 2. The Morgan fingerprint density at radius 3 is 2.68 bits per heavy atom. The van der Waals surface area contributed by atoms with Crippen LogP contribution >= 0.6 is 0 Å². The molecule has 1 fully saturated rings. The van der Waals surface area contributed by atoms with E-state index < -0.39 is 0 Å². The lowest BCUT2D eigenvalue weighted by Gasteiger charge is -2.27. The van der Waals surface area contributed by atoms with Crippen LogP contribution < -0.4 is 10.1 Å². The molecule has 0 bridgehead atoms. The predicted molar refractivity (Wildman–Crippen MR) is 89.2 cm³/mol. The van der Waals surface area contributed by atoms with E-state index >= 15 is 0 Å². The largest absolute Gasteiger partial charge is 0.494 e. The molecule has 0 aromatic heterocycles. The zero-order chi connectivity index (χ0) is 15.6. The van der Waals surface area contributed by atoms with Crippen LogP contribution in [0.2, 0.25) is 0 Å². The molecule has 1 N–H and O–H groups in total. The minimum Gasteiger partial charge on any atom is -0.494 e. The number of hydrogen-bond acceptors (Lipinski definition) is 2. The molecule has 22 heavy (non-hydrogen) atoms. The molecule has 1 aliphatic carbocycles. The van der Waals surface area contributed by atoms with E-state index in [9.17, 15) is 4.79 Å². The number of benzene rings is 1. The topological polar surface area (TPSA) is 41.6 Å². The van der Waals surface area contributed by atoms with E-state index in [0.29, 0.717) is 19.1 Å². The Morgan fingerprint density at radius 1 is 1.23 bits per heavy atom. The molecule has 4 nitrogen and oxygen atoms in total. The van der Waals surface area contributed by atoms with Crippen LogP contribution in [0.5, 0.6) is 5.75 Å². The number of urea groups is 1. The van der Waals surface area contributed by atoms with Gasteiger partial charge in [-0.25, -0.2) is 4.79 Å². The maximum atomic E-state index is 12.0. The van der Waals surface area contributed by atoms with Gasteiger partial charge in [0.2, 0.25) is 0 Å². The second-order valence-electron chi connectivity index (χ2n) is 6.13. The van der Waals surface area contributed by atoms with Gasteiger partial charge in [0.15, 0.2) is 0 Å². The fourth-order valence-electron chi connectivity index (χ4n) is 2.95. The molecule has 1 aromatic rings. The minimum atomic E-state index is 0.0327. The first-order chi connectivity index (χ1) is 10.8. The summed E-state index contributed by atoms with van der Waals surface area (Å²) in [5.74, 6) is 1.56. The number of para-hydroxylation sites is 1. The summed E-state index contributed by atoms with van der Waals surface area (Å²) in [5, 5.41) is 2.97. The molecule has 2 amide bonds. The van der Waals surface area contributed by atoms with Crippen molar-refractivity contribution in [3.8, 4) is 5.75 Å². The molecular formula is C18H28N2O2. The molecule has 0 atom stereocenters. The summed E-state index contributed by atoms with van der Waals surface area (Å²) in [6.45, 7) is 2.16. The highest BCUT2D eigenvalue weighted by atomic mass is 16.5. The second-order valence-corrected chi connectivity index (χ2v) is 6.13. The van der Waals surface area contributed by atoms with Crippen molar-refractivity contribution in [2.75, 3.05) is 26.7 Å². The predicted octanol–water partition coefficient (Wildman–Crippen LogP) is 3.68. The van der Waals surface area contributed by atoms with Gasteiger partial charge in [0, 0.05) is 20.1 Å². The van der Waals surface area contributed by atoms with Crippen molar-refractivity contribution in [2.45, 2.75) is 38.5 Å². The molecule has 0 unspecified atom stereocenters. The van der Waals surface area contributed by atoms with Crippen LogP contribution in [-0.2, 0) is 0 Å². The van der Waals surface area contributed by atoms with Gasteiger partial charge in [-0.05, 0) is 37.3 Å². The first-order valence-corrected chi connectivity index (χ1v) is 8.42. The highest BCUT2D eigenvalue weighted by Gasteiger charge is 2.17. The fraction of sp³-hybridized carbons (Fsp3) is 0.611. The summed E-state index contributed by atoms with van der Waals surface area (Å²) in [5.41, 5.74) is 0. The Kier molecular flexibility index (Phi) is 7.07. The van der Waals surface area contributed by atoms with Crippen LogP contribution in [0.4, 0.5) is 4.79 Å². The van der Waals surface area contributed by atoms with E-state index in [1.165, 1.54) is 32.1 Å². The number of nitrogens with zero attached hydrogens (tertiary/aromatic N) is 1. The highest BCUT2D eigenvalue weighted by Crippen LogP contribution is 2.24. The van der Waals surface area contributed by atoms with Crippen molar-refractivity contribution in [1.82, 2.24) is 10.2 Å². The van der Waals surface area contributed by atoms with Crippen molar-refractivity contribution >= 4 is 6.03 Å². The van der Waals surface area contributed by atoms with E-state index in [1.54, 1.807) is 0 Å². The zero-order valence-electron chi connectivity index (χ0n) is 13.6. The number of rotatable bonds is 7. The number of carbonyl (C=O) groups is 1. The average molecular weight is 304 g/mol. The van der Waals surface area contributed by atoms with Crippen LogP contribution in [0.25, 0.3) is 0 Å². The molecule has 0 heterocycles. The SMILES string of the molecule is CN(CC1CCCCC1)C(=O)NCCCOc1ccccc1. The van der Waals surface area contributed by atoms with Gasteiger partial charge in [-0.3, -0.25) is 0 Å². The monoisotopic (exact) mass is 304 g/mol. The minimum absolute atomic E-state index is 0.0327. The summed E-state index contributed by atoms with van der Waals surface area (Å²) in [4.78, 5) is 13.9. The standard InChI is InChI=1S/C18H28N2O2/c1-20(15-16-9-4-2-5-10-16)18(21)19-13-8-14-22-17-11-6-3-7-12-17/h3,6-7,11-12,16H,2,4-5,8-10,13-15H2,1H3,(H,19,21). The fourth-order valence-corrected chi connectivity index (χ4v) is 2.95. The summed E-state index contributed by atoms with van der Waals surface area (Å²) in [7, 11) is 1.89. The van der Waals surface area contributed by atoms with E-state index in [1.807, 2.05) is 42.3 Å². The number of carbonyl (C=O) groups excluding carboxylic acids is 1. The first kappa shape index (κ1) is 16.7. The van der Waals surface area contributed by atoms with Crippen LogP contribution in [0.15, 0.2) is 30.3 Å². The molecule has 4 heteroatoms. The van der Waals surface area contributed by atoms with Crippen LogP contribution in [0.3, 0.4) is 0 Å². The summed E-state index contributed by atoms with van der Waals surface area (Å²) in [6, 6.07) is 9.79. The number of hydrogen-bond donors (Lipinski definition) is 1. The molecule has 1 saturated carbocycles. The normalized spacial score (nSPS) is 15.3. The third-order valence-corrected chi connectivity index (χ3v) is 4.21. The van der Waals surface area contributed by atoms with Gasteiger partial charge < -0.3 is 15.0 Å². The molecule has 1 aliphatic rings. The first-order valence-electron chi connectivity index (χ1n) is 8.42. The van der Waals surface area contributed by atoms with Gasteiger partial charge in [0.25, 0.3) is 0 Å². The Morgan fingerprint density at radius 2 is 1.95 bits per heavy atom. The average Bonchev–Trinajstić information content (AvgIpc) is 2.56. The van der Waals surface area contributed by atoms with Gasteiger partial charge in [0.05, 0.1) is 6.61 Å². The van der Waals surface area contributed by atoms with Gasteiger partial charge in [-0.15, -0.1) is 0 Å². The lowest BCUT2D eigenvalue weighted by atomic mass is 9.89. The van der Waals surface area contributed by atoms with Gasteiger partial charge >= 0.3 is 6.03 Å². The molecule has 122 valence electrons. The summed E-state index contributed by atoms with van der Waals surface area (Å²) in [6.07, 6.45) is 7.34. The number of ether oxygens (including phenoxy) is 1. The zero-order valence-corrected chi connectivity index (χ0v) is 13.6. The summed E-state index contributed by atoms with van der Waals surface area (Å²) >= 11 is 0. The quantitative estimate of drug-likeness (QED) is 0.781. The Labute approximate surface area is 133 Å². The molecule has 0 saturated heterocycles. The molecule has 1 aromatic carbocycles. The highest BCUT2D eigenvalue weighted by molar-refractivity contribution is 5.73. The van der Waals surface area contributed by atoms with Crippen molar-refractivity contribution in [3.63, 3.8) is 0 Å². The summed E-state index contributed by atoms with van der Waals surface area (Å²) < 4.78 is 5.60. The van der Waals surface area contributed by atoms with E-state index in [-0.39, 0.29) is 6.03 Å². The van der Waals surface area contributed by atoms with Crippen LogP contribution in [-0.4, -0.2) is 37.7 Å². The second kappa shape index (κ2) is 9.34. The Balaban J connectivity index is 1.54. The lowest BCUT2D eigenvalue weighted by Crippen LogP contribution is -2.40. The Hall–Kier alpha value is -1.71. The van der Waals surface area contributed by atoms with Gasteiger partial charge in [-0.1, -0.05) is 37.5 Å². The molecule has 0 aliphatic heterocycles. The smallest absolute Gasteiger partial charge is 0.317 e. The van der Waals surface area contributed by atoms with Crippen molar-refractivity contribution in [1.29, 1.82) is 0 Å². The van der Waals surface area contributed by atoms with Gasteiger partial charge in [0.1, 0.15) is 5.75 Å². The van der Waals surface area contributed by atoms with Gasteiger partial charge in [-0.2, -0.15) is 0 Å². The molecular weight excluding hydrogens is 276 g/mol. The Bertz CT molecular complexity index is 430. The molecule has 0 radical (unpaired) electrons. The lowest BCUT2D eigenvalue weighted by molar-refractivity contribution is 0.191. The third kappa shape index (κ3) is 5.96. The van der Waals surface area contributed by atoms with Crippen molar-refractivity contribution in [3.05, 3.63) is 30.3 Å². The van der Waals surface area contributed by atoms with Crippen LogP contribution in [0, 0.1) is 5.92 Å². The maximum Gasteiger partial charge on any atom is 0.317 e. The molecule has 0 spiro atoms. The van der Waals surface area contributed by atoms with E-state index in [2.05, 4.69) is 5.32 Å². The third-order valence-electron chi connectivity index (χ3n) is 4.21. The van der Waals surface area contributed by atoms with Crippen molar-refractivity contribution in [2.24, 2.45) is 5.92 Å². The van der Waals surface area contributed by atoms with E-state index in [0.717, 1.165) is 18.7 Å².